The van der Waals surface area contributed by atoms with E-state index < -0.39 is 28.8 Å². The molecule has 0 bridgehead atoms. The molecule has 3 aromatic rings. The molecule has 0 saturated carbocycles. The van der Waals surface area contributed by atoms with E-state index in [-0.39, 0.29) is 17.5 Å². The predicted octanol–water partition coefficient (Wildman–Crippen LogP) is 5.06. The summed E-state index contributed by atoms with van der Waals surface area (Å²) in [5.74, 6) is -1.48. The van der Waals surface area contributed by atoms with Crippen molar-refractivity contribution in [2.24, 2.45) is 11.3 Å². The maximum Gasteiger partial charge on any atom is 0.238 e. The molecule has 3 aliphatic rings. The van der Waals surface area contributed by atoms with Gasteiger partial charge in [0.05, 0.1) is 12.0 Å². The molecule has 37 heavy (non-hydrogen) atoms. The molecule has 0 aliphatic carbocycles. The summed E-state index contributed by atoms with van der Waals surface area (Å²) in [6.45, 7) is 7.66. The van der Waals surface area contributed by atoms with Crippen LogP contribution in [0.25, 0.3) is 5.57 Å². The van der Waals surface area contributed by atoms with E-state index in [1.165, 1.54) is 0 Å². The molecular weight excluding hydrogens is 462 g/mol. The lowest BCUT2D eigenvalue weighted by atomic mass is 9.63. The van der Waals surface area contributed by atoms with Gasteiger partial charge >= 0.3 is 0 Å². The smallest absolute Gasteiger partial charge is 0.238 e. The molecule has 1 fully saturated rings. The first kappa shape index (κ1) is 23.3. The van der Waals surface area contributed by atoms with Crippen molar-refractivity contribution in [3.8, 4) is 0 Å². The first-order valence-electron chi connectivity index (χ1n) is 12.6. The number of amides is 1. The Bertz CT molecular complexity index is 1490. The topological polar surface area (TPSA) is 79.4 Å². The van der Waals surface area contributed by atoms with Gasteiger partial charge in [-0.2, -0.15) is 0 Å². The second kappa shape index (κ2) is 7.97. The predicted molar refractivity (Wildman–Crippen MR) is 143 cm³/mol. The van der Waals surface area contributed by atoms with Gasteiger partial charge in [-0.05, 0) is 42.3 Å². The number of aromatic nitrogens is 1. The van der Waals surface area contributed by atoms with E-state index >= 15 is 0 Å². The number of rotatable bonds is 3. The number of anilines is 2. The zero-order chi connectivity index (χ0) is 26.1. The van der Waals surface area contributed by atoms with Crippen LogP contribution in [-0.4, -0.2) is 34.5 Å². The number of carbonyl (C=O) groups is 3. The van der Waals surface area contributed by atoms with E-state index in [4.69, 9.17) is 0 Å². The van der Waals surface area contributed by atoms with Gasteiger partial charge in [0.2, 0.25) is 5.91 Å². The summed E-state index contributed by atoms with van der Waals surface area (Å²) in [5, 5.41) is 3.07. The monoisotopic (exact) mass is 491 g/mol. The second-order valence-corrected chi connectivity index (χ2v) is 11.2. The molecule has 1 aromatic heterocycles. The highest BCUT2D eigenvalue weighted by atomic mass is 16.2. The van der Waals surface area contributed by atoms with Crippen LogP contribution < -0.4 is 10.2 Å². The summed E-state index contributed by atoms with van der Waals surface area (Å²) in [5.41, 5.74) is 2.77. The highest BCUT2D eigenvalue weighted by Gasteiger charge is 2.71. The van der Waals surface area contributed by atoms with Crippen molar-refractivity contribution in [3.63, 3.8) is 0 Å². The maximum atomic E-state index is 14.5. The third-order valence-electron chi connectivity index (χ3n) is 8.14. The summed E-state index contributed by atoms with van der Waals surface area (Å²) in [6, 6.07) is 17.5. The molecule has 3 aliphatic heterocycles. The minimum atomic E-state index is -1.28. The van der Waals surface area contributed by atoms with Crippen molar-refractivity contribution in [3.05, 3.63) is 95.8 Å². The van der Waals surface area contributed by atoms with E-state index in [2.05, 4.69) is 21.3 Å². The van der Waals surface area contributed by atoms with Crippen LogP contribution in [-0.2, 0) is 15.0 Å². The first-order chi connectivity index (χ1) is 17.7. The Labute approximate surface area is 216 Å². The molecule has 6 heteroatoms. The van der Waals surface area contributed by atoms with Crippen LogP contribution >= 0.6 is 0 Å². The number of ketones is 2. The summed E-state index contributed by atoms with van der Waals surface area (Å²) in [4.78, 5) is 49.3. The van der Waals surface area contributed by atoms with Crippen LogP contribution in [0, 0.1) is 11.3 Å². The van der Waals surface area contributed by atoms with Crippen molar-refractivity contribution < 1.29 is 14.4 Å². The molecule has 1 spiro atoms. The molecule has 1 N–H and O–H groups in total. The number of pyridine rings is 1. The number of nitrogens with one attached hydrogen (secondary N) is 1. The van der Waals surface area contributed by atoms with E-state index in [1.54, 1.807) is 24.5 Å². The number of allylic oxidation sites excluding steroid dienone is 1. The molecule has 186 valence electrons. The van der Waals surface area contributed by atoms with E-state index in [0.717, 1.165) is 22.4 Å². The number of carbonyl (C=O) groups excluding carboxylic acids is 3. The number of fused-ring (bicyclic) bond motifs is 6. The Morgan fingerprint density at radius 1 is 0.973 bits per heavy atom. The minimum absolute atomic E-state index is 0.0679. The van der Waals surface area contributed by atoms with Gasteiger partial charge in [0.1, 0.15) is 11.5 Å². The third kappa shape index (κ3) is 3.11. The normalized spacial score (nSPS) is 25.7. The number of para-hydroxylation sites is 2. The molecule has 1 saturated heterocycles. The van der Waals surface area contributed by atoms with Crippen molar-refractivity contribution >= 4 is 34.4 Å². The highest BCUT2D eigenvalue weighted by molar-refractivity contribution is 6.17. The maximum absolute atomic E-state index is 14.5. The van der Waals surface area contributed by atoms with Gasteiger partial charge in [-0.25, -0.2) is 0 Å². The van der Waals surface area contributed by atoms with E-state index in [9.17, 15) is 14.4 Å². The van der Waals surface area contributed by atoms with Crippen LogP contribution in [0.1, 0.15) is 49.2 Å². The van der Waals surface area contributed by atoms with Gasteiger partial charge in [0.25, 0.3) is 0 Å². The third-order valence-corrected chi connectivity index (χ3v) is 8.14. The average molecular weight is 492 g/mol. The van der Waals surface area contributed by atoms with E-state index in [0.29, 0.717) is 11.3 Å². The van der Waals surface area contributed by atoms with Gasteiger partial charge in [-0.3, -0.25) is 19.4 Å². The molecule has 1 amide bonds. The number of Topliss-reactive ketones (excluding diaryl/α,β-unsaturated/α-hetero) is 2. The van der Waals surface area contributed by atoms with Gasteiger partial charge in [0.15, 0.2) is 11.6 Å². The zero-order valence-electron chi connectivity index (χ0n) is 21.4. The molecule has 6 rings (SSSR count). The Morgan fingerprint density at radius 2 is 1.65 bits per heavy atom. The Morgan fingerprint density at radius 3 is 2.38 bits per heavy atom. The lowest BCUT2D eigenvalue weighted by Crippen LogP contribution is -2.51. The molecule has 0 unspecified atom stereocenters. The Balaban J connectivity index is 1.71. The summed E-state index contributed by atoms with van der Waals surface area (Å²) < 4.78 is 0. The zero-order valence-corrected chi connectivity index (χ0v) is 21.4. The quantitative estimate of drug-likeness (QED) is 0.518. The van der Waals surface area contributed by atoms with Crippen molar-refractivity contribution in [2.45, 2.75) is 45.2 Å². The fraction of sp³-hybridized carbons (Fsp3) is 0.290. The van der Waals surface area contributed by atoms with E-state index in [1.807, 2.05) is 76.2 Å². The Kier molecular flexibility index (Phi) is 5.03. The largest absolute Gasteiger partial charge is 0.352 e. The summed E-state index contributed by atoms with van der Waals surface area (Å²) >= 11 is 0. The van der Waals surface area contributed by atoms with Crippen LogP contribution in [0.15, 0.2) is 79.1 Å². The van der Waals surface area contributed by atoms with Crippen LogP contribution in [0.2, 0.25) is 0 Å². The fourth-order valence-electron chi connectivity index (χ4n) is 6.53. The second-order valence-electron chi connectivity index (χ2n) is 11.2. The van der Waals surface area contributed by atoms with Crippen molar-refractivity contribution in [1.82, 2.24) is 4.98 Å². The van der Waals surface area contributed by atoms with Gasteiger partial charge in [-0.15, -0.1) is 0 Å². The molecule has 4 heterocycles. The van der Waals surface area contributed by atoms with Gasteiger partial charge in [0, 0.05) is 40.3 Å². The van der Waals surface area contributed by atoms with Gasteiger partial charge < -0.3 is 10.2 Å². The molecule has 2 aromatic carbocycles. The molecule has 6 nitrogen and oxygen atoms in total. The molecule has 0 radical (unpaired) electrons. The Hall–Kier alpha value is -4.06. The number of nitrogens with zero attached hydrogens (tertiary/aromatic N) is 2. The SMILES string of the molecule is CC1=C[C@@H]2N(c3ccccc31)[C@H](C(=O)C(C)(C)C)[C@H](C(=O)c1ccncc1)[C@]21C(=O)Nc2ccccc21. The van der Waals surface area contributed by atoms with Crippen LogP contribution in [0.4, 0.5) is 11.4 Å². The number of hydrogen-bond donors (Lipinski definition) is 1. The van der Waals surface area contributed by atoms with Crippen LogP contribution in [0.3, 0.4) is 0 Å². The molecular formula is C31H29N3O3. The minimum Gasteiger partial charge on any atom is -0.352 e. The average Bonchev–Trinajstić information content (AvgIpc) is 3.36. The number of benzene rings is 2. The van der Waals surface area contributed by atoms with Gasteiger partial charge in [-0.1, -0.05) is 63.2 Å². The lowest BCUT2D eigenvalue weighted by molar-refractivity contribution is -0.128. The summed E-state index contributed by atoms with van der Waals surface area (Å²) in [6.07, 6.45) is 5.22. The van der Waals surface area contributed by atoms with Crippen molar-refractivity contribution in [1.29, 1.82) is 0 Å². The van der Waals surface area contributed by atoms with Crippen LogP contribution in [0.5, 0.6) is 0 Å². The summed E-state index contributed by atoms with van der Waals surface area (Å²) in [7, 11) is 0. The number of hydrogen-bond acceptors (Lipinski definition) is 5. The first-order valence-corrected chi connectivity index (χ1v) is 12.6. The van der Waals surface area contributed by atoms with Crippen molar-refractivity contribution in [2.75, 3.05) is 10.2 Å². The highest BCUT2D eigenvalue weighted by Crippen LogP contribution is 2.59. The lowest BCUT2D eigenvalue weighted by Gasteiger charge is -2.39. The molecule has 4 atom stereocenters. The standard InChI is InChI=1S/C31H29N3O3/c1-18-17-24-31(21-10-6-7-11-22(21)33-29(31)37)25(27(35)19-13-15-32-16-14-19)26(28(36)30(2,3)4)34(24)23-12-8-5-9-20(18)23/h5-17,24-26H,1-4H3,(H,33,37)/t24-,25+,26-,31+/m0/s1. The fourth-order valence-corrected chi connectivity index (χ4v) is 6.53.